The van der Waals surface area contributed by atoms with Gasteiger partial charge in [0.25, 0.3) is 5.91 Å². The number of nitrogens with zero attached hydrogens (tertiary/aromatic N) is 5. The molecule has 16 heteroatoms. The van der Waals surface area contributed by atoms with Gasteiger partial charge in [0, 0.05) is 44.1 Å². The zero-order valence-corrected chi connectivity index (χ0v) is 28.5. The molecule has 1 aromatic carbocycles. The first kappa shape index (κ1) is 36.6. The largest absolute Gasteiger partial charge is 0.480 e. The van der Waals surface area contributed by atoms with Gasteiger partial charge in [0.2, 0.25) is 5.82 Å². The van der Waals surface area contributed by atoms with E-state index in [-0.39, 0.29) is 49.4 Å². The average Bonchev–Trinajstić information content (AvgIpc) is 3.79. The Morgan fingerprint density at radius 2 is 1.90 bits per heavy atom. The number of fused-ring (bicyclic) bond motifs is 2. The smallest absolute Gasteiger partial charge is 0.326 e. The molecule has 276 valence electrons. The van der Waals surface area contributed by atoms with Gasteiger partial charge in [0.15, 0.2) is 11.4 Å². The number of aromatic amines is 1. The minimum Gasteiger partial charge on any atom is -0.480 e. The molecule has 4 aromatic rings. The van der Waals surface area contributed by atoms with E-state index in [1.54, 1.807) is 13.8 Å². The molecular formula is C36H37F5N6O5. The molecule has 3 atom stereocenters. The molecule has 2 aliphatic heterocycles. The number of aromatic nitrogens is 4. The molecule has 2 N–H and O–H groups in total. The zero-order chi connectivity index (χ0) is 37.5. The number of amides is 1. The van der Waals surface area contributed by atoms with Gasteiger partial charge < -0.3 is 24.3 Å². The summed E-state index contributed by atoms with van der Waals surface area (Å²) in [5.41, 5.74) is 0.661. The van der Waals surface area contributed by atoms with Crippen molar-refractivity contribution in [1.29, 1.82) is 0 Å². The minimum absolute atomic E-state index is 0.0123. The highest BCUT2D eigenvalue weighted by Gasteiger charge is 2.45. The Hall–Kier alpha value is -5.20. The fraction of sp³-hybridized carbons (Fsp3) is 0.472. The monoisotopic (exact) mass is 728 g/mol. The number of hydrogen-bond donors (Lipinski definition) is 2. The molecule has 11 nitrogen and oxygen atoms in total. The summed E-state index contributed by atoms with van der Waals surface area (Å²) in [7, 11) is 0. The van der Waals surface area contributed by atoms with E-state index < -0.39 is 84.7 Å². The minimum atomic E-state index is -3.83. The Kier molecular flexibility index (Phi) is 9.91. The number of carboxylic acid groups (broad SMARTS) is 1. The number of H-pyrrole nitrogens is 1. The summed E-state index contributed by atoms with van der Waals surface area (Å²) in [4.78, 5) is 50.8. The highest BCUT2D eigenvalue weighted by Crippen LogP contribution is 2.40. The van der Waals surface area contributed by atoms with Crippen molar-refractivity contribution in [2.24, 2.45) is 5.92 Å². The van der Waals surface area contributed by atoms with Gasteiger partial charge in [-0.25, -0.2) is 23.9 Å². The van der Waals surface area contributed by atoms with E-state index >= 15 is 17.6 Å². The normalized spacial score (nSPS) is 20.0. The van der Waals surface area contributed by atoms with Crippen molar-refractivity contribution < 1.29 is 41.1 Å². The van der Waals surface area contributed by atoms with Crippen molar-refractivity contribution in [3.8, 4) is 12.3 Å². The van der Waals surface area contributed by atoms with Crippen molar-refractivity contribution in [2.45, 2.75) is 82.7 Å². The highest BCUT2D eigenvalue weighted by atomic mass is 19.3. The van der Waals surface area contributed by atoms with E-state index in [1.165, 1.54) is 39.8 Å². The van der Waals surface area contributed by atoms with Gasteiger partial charge in [-0.15, -0.1) is 6.42 Å². The lowest BCUT2D eigenvalue weighted by molar-refractivity contribution is -0.161. The number of rotatable bonds is 11. The van der Waals surface area contributed by atoms with Crippen molar-refractivity contribution in [3.63, 3.8) is 0 Å². The van der Waals surface area contributed by atoms with Gasteiger partial charge >= 0.3 is 23.5 Å². The molecule has 3 aromatic heterocycles. The number of carbonyl (C=O) groups is 2. The fourth-order valence-electron chi connectivity index (χ4n) is 7.33. The van der Waals surface area contributed by atoms with Gasteiger partial charge in [-0.2, -0.15) is 17.6 Å². The van der Waals surface area contributed by atoms with Crippen LogP contribution in [0.15, 0.2) is 33.5 Å². The first-order valence-corrected chi connectivity index (χ1v) is 17.0. The number of carboxylic acids is 1. The SMILES string of the molecule is C#C/C=C\c1c(C)oc2c(N3CCC[C@H]3C(=O)O)nc(C(F)(F)CCCCC(F)(F)C(=O)N3CC[C@H](n4c(=O)[nH]c5cc(F)ccc54)[C@@H](C)C3)nc12. The number of piperidine rings is 1. The summed E-state index contributed by atoms with van der Waals surface area (Å²) in [6.45, 7) is 3.42. The van der Waals surface area contributed by atoms with Gasteiger partial charge in [-0.05, 0) is 75.3 Å². The molecule has 52 heavy (non-hydrogen) atoms. The van der Waals surface area contributed by atoms with Crippen LogP contribution in [0.5, 0.6) is 0 Å². The summed E-state index contributed by atoms with van der Waals surface area (Å²) in [5, 5.41) is 9.76. The van der Waals surface area contributed by atoms with E-state index in [4.69, 9.17) is 10.8 Å². The summed E-state index contributed by atoms with van der Waals surface area (Å²) in [6, 6.07) is 2.42. The Morgan fingerprint density at radius 3 is 2.62 bits per heavy atom. The van der Waals surface area contributed by atoms with Crippen LogP contribution in [0.2, 0.25) is 0 Å². The van der Waals surface area contributed by atoms with Crippen LogP contribution in [0.1, 0.15) is 75.1 Å². The molecule has 2 aliphatic rings. The number of furan rings is 1. The Bertz CT molecular complexity index is 2150. The fourth-order valence-corrected chi connectivity index (χ4v) is 7.33. The first-order chi connectivity index (χ1) is 24.6. The van der Waals surface area contributed by atoms with Crippen LogP contribution in [-0.4, -0.2) is 73.0 Å². The predicted octanol–water partition coefficient (Wildman–Crippen LogP) is 6.41. The number of allylic oxidation sites excluding steroid dienone is 1. The molecule has 0 saturated carbocycles. The number of aryl methyl sites for hydroxylation is 1. The maximum absolute atomic E-state index is 15.8. The summed E-state index contributed by atoms with van der Waals surface area (Å²) >= 11 is 0. The van der Waals surface area contributed by atoms with Gasteiger partial charge in [0.1, 0.15) is 23.1 Å². The number of anilines is 1. The standard InChI is InChI=1S/C36H37F5N6O5/c1-4-5-9-23-21(3)52-29-28(23)43-32(44-30(29)46-16-8-10-27(46)31(48)49)35(38,39)14-6-7-15-36(40,41)33(50)45-17-13-25(20(2)19-45)47-26-12-11-22(37)18-24(26)42-34(47)51/h1,5,9,11-12,18,20,25,27H,6-8,10,13-17,19H2,2-3H3,(H,42,51)(H,48,49)/b9-5-/t20-,25-,27-/m0/s1. The lowest BCUT2D eigenvalue weighted by Gasteiger charge is -2.38. The average molecular weight is 729 g/mol. The van der Waals surface area contributed by atoms with Crippen LogP contribution < -0.4 is 10.6 Å². The number of nitrogens with one attached hydrogen (secondary N) is 1. The molecule has 0 bridgehead atoms. The number of hydrogen-bond acceptors (Lipinski definition) is 7. The van der Waals surface area contributed by atoms with Crippen LogP contribution >= 0.6 is 0 Å². The van der Waals surface area contributed by atoms with E-state index in [0.717, 1.165) is 4.90 Å². The van der Waals surface area contributed by atoms with Gasteiger partial charge in [0.05, 0.1) is 11.0 Å². The molecule has 5 heterocycles. The zero-order valence-electron chi connectivity index (χ0n) is 28.5. The van der Waals surface area contributed by atoms with E-state index in [1.807, 2.05) is 0 Å². The summed E-state index contributed by atoms with van der Waals surface area (Å²) in [6.07, 6.45) is 6.40. The topological polar surface area (TPSA) is 138 Å². The molecule has 6 rings (SSSR count). The molecule has 0 unspecified atom stereocenters. The number of likely N-dealkylation sites (tertiary alicyclic amines) is 1. The lowest BCUT2D eigenvalue weighted by atomic mass is 9.92. The molecule has 0 aliphatic carbocycles. The van der Waals surface area contributed by atoms with Crippen LogP contribution in [0.4, 0.5) is 27.8 Å². The number of unbranched alkanes of at least 4 members (excludes halogenated alkanes) is 1. The molecule has 0 radical (unpaired) electrons. The molecule has 1 amide bonds. The van der Waals surface area contributed by atoms with E-state index in [0.29, 0.717) is 28.8 Å². The third kappa shape index (κ3) is 6.88. The maximum atomic E-state index is 15.8. The third-order valence-electron chi connectivity index (χ3n) is 9.92. The number of terminal acetylenes is 1. The maximum Gasteiger partial charge on any atom is 0.326 e. The third-order valence-corrected chi connectivity index (χ3v) is 9.92. The number of alkyl halides is 4. The van der Waals surface area contributed by atoms with Crippen molar-refractivity contribution >= 4 is 45.9 Å². The van der Waals surface area contributed by atoms with E-state index in [2.05, 4.69) is 20.9 Å². The predicted molar refractivity (Wildman–Crippen MR) is 182 cm³/mol. The Balaban J connectivity index is 1.13. The van der Waals surface area contributed by atoms with Crippen LogP contribution in [0, 0.1) is 31.0 Å². The summed E-state index contributed by atoms with van der Waals surface area (Å²) in [5.74, 6) is -9.42. The first-order valence-electron chi connectivity index (χ1n) is 17.0. The van der Waals surface area contributed by atoms with Crippen LogP contribution in [-0.2, 0) is 15.5 Å². The van der Waals surface area contributed by atoms with E-state index in [9.17, 15) is 23.9 Å². The van der Waals surface area contributed by atoms with Crippen molar-refractivity contribution in [2.75, 3.05) is 24.5 Å². The lowest BCUT2D eigenvalue weighted by Crippen LogP contribution is -2.50. The summed E-state index contributed by atoms with van der Waals surface area (Å²) < 4.78 is 82.9. The number of aliphatic carboxylic acids is 1. The second-order valence-electron chi connectivity index (χ2n) is 13.5. The molecule has 0 spiro atoms. The number of benzene rings is 1. The highest BCUT2D eigenvalue weighted by molar-refractivity contribution is 5.94. The van der Waals surface area contributed by atoms with Crippen molar-refractivity contribution in [3.05, 3.63) is 57.7 Å². The molecule has 2 saturated heterocycles. The second kappa shape index (κ2) is 14.1. The number of halogens is 5. The number of carbonyl (C=O) groups excluding carboxylic acids is 1. The number of imidazole rings is 1. The molecule has 2 fully saturated rings. The van der Waals surface area contributed by atoms with Gasteiger partial charge in [-0.3, -0.25) is 9.36 Å². The van der Waals surface area contributed by atoms with Crippen molar-refractivity contribution in [1.82, 2.24) is 24.4 Å². The quantitative estimate of drug-likeness (QED) is 0.103. The van der Waals surface area contributed by atoms with Crippen LogP contribution in [0.3, 0.4) is 0 Å². The molecular weight excluding hydrogens is 691 g/mol. The Morgan fingerprint density at radius 1 is 1.15 bits per heavy atom. The van der Waals surface area contributed by atoms with Gasteiger partial charge in [-0.1, -0.05) is 12.8 Å². The Labute approximate surface area is 294 Å². The second-order valence-corrected chi connectivity index (χ2v) is 13.5. The van der Waals surface area contributed by atoms with Crippen LogP contribution in [0.25, 0.3) is 28.2 Å².